The summed E-state index contributed by atoms with van der Waals surface area (Å²) in [6.07, 6.45) is 0. The van der Waals surface area contributed by atoms with Gasteiger partial charge in [-0.05, 0) is 29.8 Å². The van der Waals surface area contributed by atoms with Crippen LogP contribution in [0.3, 0.4) is 0 Å². The average Bonchev–Trinajstić information content (AvgIpc) is 2.54. The van der Waals surface area contributed by atoms with Crippen LogP contribution in [-0.4, -0.2) is 13.2 Å². The van der Waals surface area contributed by atoms with Crippen molar-refractivity contribution in [3.8, 4) is 11.5 Å². The quantitative estimate of drug-likeness (QED) is 0.595. The Morgan fingerprint density at radius 2 is 1.88 bits per heavy atom. The van der Waals surface area contributed by atoms with Crippen LogP contribution in [-0.2, 0) is 13.2 Å². The first-order valence-corrected chi connectivity index (χ1v) is 9.12. The van der Waals surface area contributed by atoms with Gasteiger partial charge in [0.2, 0.25) is 0 Å². The van der Waals surface area contributed by atoms with Gasteiger partial charge < -0.3 is 14.8 Å². The predicted octanol–water partition coefficient (Wildman–Crippen LogP) is 5.84. The number of hydrogen-bond donors (Lipinski definition) is 1. The van der Waals surface area contributed by atoms with Crippen LogP contribution in [0, 0.1) is 0 Å². The molecule has 0 saturated heterocycles. The minimum absolute atomic E-state index is 0.367. The zero-order valence-electron chi connectivity index (χ0n) is 13.8. The summed E-state index contributed by atoms with van der Waals surface area (Å²) in [7, 11) is 1.63. The number of methoxy groups -OCH3 is 1. The van der Waals surface area contributed by atoms with E-state index in [1.165, 1.54) is 0 Å². The molecule has 0 bridgehead atoms. The van der Waals surface area contributed by atoms with Crippen LogP contribution in [0.4, 0.5) is 0 Å². The van der Waals surface area contributed by atoms with Gasteiger partial charge >= 0.3 is 0 Å². The molecule has 0 aliphatic carbocycles. The fourth-order valence-electron chi connectivity index (χ4n) is 2.16. The second-order valence-corrected chi connectivity index (χ2v) is 7.30. The van der Waals surface area contributed by atoms with Crippen LogP contribution in [0.25, 0.3) is 0 Å². The minimum Gasteiger partial charge on any atom is -0.493 e. The smallest absolute Gasteiger partial charge is 0.167 e. The van der Waals surface area contributed by atoms with Crippen molar-refractivity contribution in [2.45, 2.75) is 33.0 Å². The largest absolute Gasteiger partial charge is 0.493 e. The molecule has 0 saturated carbocycles. The van der Waals surface area contributed by atoms with Crippen molar-refractivity contribution < 1.29 is 9.47 Å². The van der Waals surface area contributed by atoms with E-state index in [-0.39, 0.29) is 0 Å². The summed E-state index contributed by atoms with van der Waals surface area (Å²) >= 11 is 15.6. The van der Waals surface area contributed by atoms with Crippen LogP contribution < -0.4 is 14.8 Å². The minimum atomic E-state index is 0.367. The lowest BCUT2D eigenvalue weighted by Gasteiger charge is -2.18. The van der Waals surface area contributed by atoms with Crippen LogP contribution in [0.5, 0.6) is 11.5 Å². The Hall–Kier alpha value is -0.940. The maximum Gasteiger partial charge on any atom is 0.167 e. The molecule has 2 aromatic rings. The summed E-state index contributed by atoms with van der Waals surface area (Å²) in [5.41, 5.74) is 1.96. The van der Waals surface area contributed by atoms with Crippen molar-refractivity contribution in [1.82, 2.24) is 5.32 Å². The summed E-state index contributed by atoms with van der Waals surface area (Å²) in [6.45, 7) is 5.25. The first-order chi connectivity index (χ1) is 11.4. The lowest BCUT2D eigenvalue weighted by molar-refractivity contribution is 0.280. The van der Waals surface area contributed by atoms with Crippen LogP contribution >= 0.6 is 39.1 Å². The van der Waals surface area contributed by atoms with Gasteiger partial charge in [-0.15, -0.1) is 0 Å². The molecular formula is C18H20BrCl2NO2. The van der Waals surface area contributed by atoms with Gasteiger partial charge in [0.1, 0.15) is 6.61 Å². The maximum atomic E-state index is 6.07. The first-order valence-electron chi connectivity index (χ1n) is 7.57. The second kappa shape index (κ2) is 8.95. The van der Waals surface area contributed by atoms with E-state index >= 15 is 0 Å². The number of benzene rings is 2. The zero-order chi connectivity index (χ0) is 17.7. The predicted molar refractivity (Wildman–Crippen MR) is 103 cm³/mol. The average molecular weight is 433 g/mol. The summed E-state index contributed by atoms with van der Waals surface area (Å²) in [6, 6.07) is 9.67. The monoisotopic (exact) mass is 431 g/mol. The van der Waals surface area contributed by atoms with E-state index < -0.39 is 0 Å². The Labute approximate surface area is 161 Å². The molecule has 3 nitrogen and oxygen atoms in total. The van der Waals surface area contributed by atoms with Crippen molar-refractivity contribution in [2.24, 2.45) is 0 Å². The van der Waals surface area contributed by atoms with Gasteiger partial charge in [-0.1, -0.05) is 59.0 Å². The van der Waals surface area contributed by atoms with Crippen molar-refractivity contribution in [3.05, 3.63) is 56.0 Å². The lowest BCUT2D eigenvalue weighted by atomic mass is 10.1. The molecule has 2 rings (SSSR count). The van der Waals surface area contributed by atoms with Crippen LogP contribution in [0.2, 0.25) is 10.0 Å². The summed E-state index contributed by atoms with van der Waals surface area (Å²) < 4.78 is 12.5. The summed E-state index contributed by atoms with van der Waals surface area (Å²) in [5, 5.41) is 4.45. The van der Waals surface area contributed by atoms with E-state index in [9.17, 15) is 0 Å². The number of hydrogen-bond acceptors (Lipinski definition) is 3. The van der Waals surface area contributed by atoms with Gasteiger partial charge in [-0.2, -0.15) is 0 Å². The highest BCUT2D eigenvalue weighted by molar-refractivity contribution is 9.10. The SMILES string of the molecule is COc1ccc(Br)c(CNC(C)C)c1OCc1ccc(Cl)c(Cl)c1. The van der Waals surface area contributed by atoms with Crippen LogP contribution in [0.1, 0.15) is 25.0 Å². The highest BCUT2D eigenvalue weighted by Gasteiger charge is 2.15. The molecule has 0 radical (unpaired) electrons. The standard InChI is InChI=1S/C18H20BrCl2NO2/c1-11(2)22-9-13-14(19)5-7-17(23-3)18(13)24-10-12-4-6-15(20)16(21)8-12/h4-8,11,22H,9-10H2,1-3H3. The number of ether oxygens (including phenoxy) is 2. The first kappa shape index (κ1) is 19.4. The number of rotatable bonds is 7. The zero-order valence-corrected chi connectivity index (χ0v) is 16.9. The molecule has 0 aromatic heterocycles. The highest BCUT2D eigenvalue weighted by Crippen LogP contribution is 2.37. The maximum absolute atomic E-state index is 6.07. The van der Waals surface area contributed by atoms with E-state index in [2.05, 4.69) is 35.1 Å². The summed E-state index contributed by atoms with van der Waals surface area (Å²) in [4.78, 5) is 0. The fourth-order valence-corrected chi connectivity index (χ4v) is 2.93. The van der Waals surface area contributed by atoms with Gasteiger partial charge in [0.15, 0.2) is 11.5 Å². The van der Waals surface area contributed by atoms with E-state index in [1.54, 1.807) is 19.2 Å². The Balaban J connectivity index is 2.25. The molecule has 0 aliphatic heterocycles. The second-order valence-electron chi connectivity index (χ2n) is 5.63. The molecule has 0 spiro atoms. The molecule has 2 aromatic carbocycles. The molecule has 6 heteroatoms. The Morgan fingerprint density at radius 1 is 1.12 bits per heavy atom. The van der Waals surface area contributed by atoms with E-state index in [4.69, 9.17) is 32.7 Å². The third kappa shape index (κ3) is 5.03. The normalized spacial score (nSPS) is 11.0. The Kier molecular flexibility index (Phi) is 7.23. The van der Waals surface area contributed by atoms with Crippen LogP contribution in [0.15, 0.2) is 34.8 Å². The third-order valence-corrected chi connectivity index (χ3v) is 4.92. The molecular weight excluding hydrogens is 413 g/mol. The molecule has 0 amide bonds. The van der Waals surface area contributed by atoms with E-state index in [1.807, 2.05) is 18.2 Å². The molecule has 0 atom stereocenters. The lowest BCUT2D eigenvalue weighted by Crippen LogP contribution is -2.22. The van der Waals surface area contributed by atoms with Gasteiger partial charge in [0.25, 0.3) is 0 Å². The Bertz CT molecular complexity index is 708. The molecule has 0 unspecified atom stereocenters. The topological polar surface area (TPSA) is 30.5 Å². The molecule has 130 valence electrons. The molecule has 0 fully saturated rings. The number of halogens is 3. The van der Waals surface area contributed by atoms with Gasteiger partial charge in [0, 0.05) is 22.6 Å². The van der Waals surface area contributed by atoms with Crippen molar-refractivity contribution in [1.29, 1.82) is 0 Å². The van der Waals surface area contributed by atoms with Gasteiger partial charge in [-0.25, -0.2) is 0 Å². The molecule has 0 heterocycles. The van der Waals surface area contributed by atoms with E-state index in [0.29, 0.717) is 40.7 Å². The number of nitrogens with one attached hydrogen (secondary N) is 1. The highest BCUT2D eigenvalue weighted by atomic mass is 79.9. The van der Waals surface area contributed by atoms with Crippen molar-refractivity contribution in [3.63, 3.8) is 0 Å². The third-order valence-electron chi connectivity index (χ3n) is 3.44. The molecule has 0 aliphatic rings. The van der Waals surface area contributed by atoms with Crippen molar-refractivity contribution >= 4 is 39.1 Å². The summed E-state index contributed by atoms with van der Waals surface area (Å²) in [5.74, 6) is 1.41. The van der Waals surface area contributed by atoms with E-state index in [0.717, 1.165) is 15.6 Å². The Morgan fingerprint density at radius 3 is 2.50 bits per heavy atom. The van der Waals surface area contributed by atoms with Gasteiger partial charge in [0.05, 0.1) is 17.2 Å². The van der Waals surface area contributed by atoms with Crippen molar-refractivity contribution in [2.75, 3.05) is 7.11 Å². The molecule has 24 heavy (non-hydrogen) atoms. The fraction of sp³-hybridized carbons (Fsp3) is 0.333. The van der Waals surface area contributed by atoms with Gasteiger partial charge in [-0.3, -0.25) is 0 Å². The molecule has 1 N–H and O–H groups in total.